The molecule has 1 heterocycles. The maximum Gasteiger partial charge on any atom is 0.261 e. The number of anilines is 3. The number of sulfonamides is 1. The normalized spacial score (nSPS) is 11.1. The first-order chi connectivity index (χ1) is 13.4. The molecule has 3 rings (SSSR count). The second-order valence-electron chi connectivity index (χ2n) is 6.31. The molecule has 0 atom stereocenters. The first-order valence-electron chi connectivity index (χ1n) is 8.94. The minimum atomic E-state index is -3.70. The zero-order chi connectivity index (χ0) is 20.1. The van der Waals surface area contributed by atoms with E-state index in [-0.39, 0.29) is 4.90 Å². The molecule has 0 unspecified atom stereocenters. The number of nitrogens with zero attached hydrogens (tertiary/aromatic N) is 1. The van der Waals surface area contributed by atoms with Crippen LogP contribution < -0.4 is 14.8 Å². The van der Waals surface area contributed by atoms with Crippen LogP contribution in [0, 0.1) is 13.8 Å². The standard InChI is InChI=1S/C21H23N3O3S/c1-4-27-18-9-11-19(12-10-18)28(25,26)24-17-8-13-21(22-14-17)23-20-7-5-6-15(2)16(20)3/h5-14,24H,4H2,1-3H3,(H,22,23). The summed E-state index contributed by atoms with van der Waals surface area (Å²) in [5.74, 6) is 1.27. The molecule has 0 saturated carbocycles. The minimum absolute atomic E-state index is 0.161. The average Bonchev–Trinajstić information content (AvgIpc) is 2.67. The summed E-state index contributed by atoms with van der Waals surface area (Å²) < 4.78 is 32.9. The van der Waals surface area contributed by atoms with E-state index < -0.39 is 10.0 Å². The Morgan fingerprint density at radius 2 is 1.75 bits per heavy atom. The summed E-state index contributed by atoms with van der Waals surface area (Å²) in [7, 11) is -3.70. The Kier molecular flexibility index (Phi) is 5.84. The molecular weight excluding hydrogens is 374 g/mol. The maximum absolute atomic E-state index is 12.5. The Hall–Kier alpha value is -3.06. The summed E-state index contributed by atoms with van der Waals surface area (Å²) in [6.45, 7) is 6.49. The quantitative estimate of drug-likeness (QED) is 0.607. The lowest BCUT2D eigenvalue weighted by atomic mass is 10.1. The molecule has 146 valence electrons. The first kappa shape index (κ1) is 19.7. The van der Waals surface area contributed by atoms with Crippen LogP contribution in [0.4, 0.5) is 17.2 Å². The number of benzene rings is 2. The van der Waals surface area contributed by atoms with Gasteiger partial charge in [0.05, 0.1) is 23.4 Å². The third-order valence-electron chi connectivity index (χ3n) is 4.33. The fourth-order valence-electron chi connectivity index (χ4n) is 2.65. The summed E-state index contributed by atoms with van der Waals surface area (Å²) in [6, 6.07) is 15.7. The van der Waals surface area contributed by atoms with Gasteiger partial charge in [-0.25, -0.2) is 13.4 Å². The van der Waals surface area contributed by atoms with Crippen LogP contribution in [0.2, 0.25) is 0 Å². The van der Waals surface area contributed by atoms with Crippen molar-refractivity contribution < 1.29 is 13.2 Å². The molecule has 0 saturated heterocycles. The highest BCUT2D eigenvalue weighted by molar-refractivity contribution is 7.92. The van der Waals surface area contributed by atoms with Gasteiger partial charge in [0.25, 0.3) is 10.0 Å². The average molecular weight is 398 g/mol. The van der Waals surface area contributed by atoms with Crippen molar-refractivity contribution in [2.45, 2.75) is 25.7 Å². The van der Waals surface area contributed by atoms with Gasteiger partial charge in [0.2, 0.25) is 0 Å². The summed E-state index contributed by atoms with van der Waals surface area (Å²) in [4.78, 5) is 4.46. The van der Waals surface area contributed by atoms with Crippen LogP contribution in [0.3, 0.4) is 0 Å². The molecule has 0 radical (unpaired) electrons. The molecule has 3 aromatic rings. The van der Waals surface area contributed by atoms with Crippen LogP contribution in [0.1, 0.15) is 18.1 Å². The van der Waals surface area contributed by atoms with Crippen LogP contribution in [0.25, 0.3) is 0 Å². The summed E-state index contributed by atoms with van der Waals surface area (Å²) >= 11 is 0. The largest absolute Gasteiger partial charge is 0.494 e. The number of rotatable bonds is 7. The molecule has 0 fully saturated rings. The molecular formula is C21H23N3O3S. The monoisotopic (exact) mass is 397 g/mol. The van der Waals surface area contributed by atoms with Gasteiger partial charge >= 0.3 is 0 Å². The molecule has 7 heteroatoms. The van der Waals surface area contributed by atoms with E-state index in [0.717, 1.165) is 11.3 Å². The Morgan fingerprint density at radius 1 is 1.00 bits per heavy atom. The molecule has 0 aliphatic rings. The molecule has 0 spiro atoms. The highest BCUT2D eigenvalue weighted by Crippen LogP contribution is 2.23. The number of ether oxygens (including phenoxy) is 1. The van der Waals surface area contributed by atoms with E-state index in [9.17, 15) is 8.42 Å². The lowest BCUT2D eigenvalue weighted by molar-refractivity contribution is 0.340. The number of aryl methyl sites for hydroxylation is 1. The van der Waals surface area contributed by atoms with Crippen molar-refractivity contribution in [2.24, 2.45) is 0 Å². The first-order valence-corrected chi connectivity index (χ1v) is 10.4. The summed E-state index contributed by atoms with van der Waals surface area (Å²) in [5, 5.41) is 3.25. The molecule has 28 heavy (non-hydrogen) atoms. The Morgan fingerprint density at radius 3 is 2.39 bits per heavy atom. The van der Waals surface area contributed by atoms with Gasteiger partial charge in [-0.1, -0.05) is 12.1 Å². The fraction of sp³-hybridized carbons (Fsp3) is 0.190. The third-order valence-corrected chi connectivity index (χ3v) is 5.73. The third kappa shape index (κ3) is 4.61. The Balaban J connectivity index is 1.71. The molecule has 0 amide bonds. The molecule has 0 aliphatic heterocycles. The summed E-state index contributed by atoms with van der Waals surface area (Å²) in [5.41, 5.74) is 3.69. The van der Waals surface area contributed by atoms with Crippen molar-refractivity contribution in [2.75, 3.05) is 16.6 Å². The van der Waals surface area contributed by atoms with Crippen LogP contribution in [0.5, 0.6) is 5.75 Å². The highest BCUT2D eigenvalue weighted by Gasteiger charge is 2.14. The number of pyridine rings is 1. The number of hydrogen-bond donors (Lipinski definition) is 2. The minimum Gasteiger partial charge on any atom is -0.494 e. The van der Waals surface area contributed by atoms with Gasteiger partial charge in [-0.2, -0.15) is 0 Å². The fourth-order valence-corrected chi connectivity index (χ4v) is 3.69. The predicted octanol–water partition coefficient (Wildman–Crippen LogP) is 4.64. The molecule has 6 nitrogen and oxygen atoms in total. The van der Waals surface area contributed by atoms with Gasteiger partial charge < -0.3 is 10.1 Å². The smallest absolute Gasteiger partial charge is 0.261 e. The lowest BCUT2D eigenvalue weighted by Gasteiger charge is -2.12. The van der Waals surface area contributed by atoms with E-state index in [4.69, 9.17) is 4.74 Å². The van der Waals surface area contributed by atoms with Crippen molar-refractivity contribution >= 4 is 27.2 Å². The van der Waals surface area contributed by atoms with Crippen molar-refractivity contribution in [3.05, 3.63) is 71.9 Å². The van der Waals surface area contributed by atoms with Crippen LogP contribution >= 0.6 is 0 Å². The van der Waals surface area contributed by atoms with Gasteiger partial charge in [0.1, 0.15) is 11.6 Å². The van der Waals surface area contributed by atoms with Crippen molar-refractivity contribution in [3.8, 4) is 5.75 Å². The zero-order valence-electron chi connectivity index (χ0n) is 16.1. The van der Waals surface area contributed by atoms with Crippen LogP contribution in [-0.2, 0) is 10.0 Å². The van der Waals surface area contributed by atoms with Gasteiger partial charge in [0.15, 0.2) is 0 Å². The zero-order valence-corrected chi connectivity index (χ0v) is 16.9. The van der Waals surface area contributed by atoms with Crippen LogP contribution in [0.15, 0.2) is 65.7 Å². The van der Waals surface area contributed by atoms with E-state index in [1.54, 1.807) is 24.3 Å². The lowest BCUT2D eigenvalue weighted by Crippen LogP contribution is -2.13. The van der Waals surface area contributed by atoms with E-state index in [2.05, 4.69) is 15.0 Å². The topological polar surface area (TPSA) is 80.3 Å². The van der Waals surface area contributed by atoms with Crippen molar-refractivity contribution in [1.82, 2.24) is 4.98 Å². The molecule has 2 aromatic carbocycles. The predicted molar refractivity (Wildman–Crippen MR) is 112 cm³/mol. The number of hydrogen-bond acceptors (Lipinski definition) is 5. The molecule has 2 N–H and O–H groups in total. The Bertz CT molecular complexity index is 1050. The van der Waals surface area contributed by atoms with E-state index in [1.807, 2.05) is 39.0 Å². The van der Waals surface area contributed by atoms with E-state index in [1.165, 1.54) is 23.9 Å². The second kappa shape index (κ2) is 8.31. The highest BCUT2D eigenvalue weighted by atomic mass is 32.2. The maximum atomic E-state index is 12.5. The molecule has 0 bridgehead atoms. The number of aromatic nitrogens is 1. The number of nitrogens with one attached hydrogen (secondary N) is 2. The molecule has 1 aromatic heterocycles. The van der Waals surface area contributed by atoms with Crippen molar-refractivity contribution in [1.29, 1.82) is 0 Å². The van der Waals surface area contributed by atoms with Gasteiger partial charge in [-0.15, -0.1) is 0 Å². The van der Waals surface area contributed by atoms with Crippen LogP contribution in [-0.4, -0.2) is 20.0 Å². The molecule has 0 aliphatic carbocycles. The van der Waals surface area contributed by atoms with Gasteiger partial charge in [-0.3, -0.25) is 4.72 Å². The van der Waals surface area contributed by atoms with E-state index >= 15 is 0 Å². The Labute approximate surface area is 165 Å². The second-order valence-corrected chi connectivity index (χ2v) is 8.00. The SMILES string of the molecule is CCOc1ccc(S(=O)(=O)Nc2ccc(Nc3cccc(C)c3C)nc2)cc1. The van der Waals surface area contributed by atoms with Crippen molar-refractivity contribution in [3.63, 3.8) is 0 Å². The van der Waals surface area contributed by atoms with Gasteiger partial charge in [-0.05, 0) is 74.4 Å². The summed E-state index contributed by atoms with van der Waals surface area (Å²) in [6.07, 6.45) is 1.49. The van der Waals surface area contributed by atoms with E-state index in [0.29, 0.717) is 23.9 Å². The van der Waals surface area contributed by atoms with Gasteiger partial charge in [0, 0.05) is 5.69 Å².